The maximum Gasteiger partial charge on any atom is 0.282 e. The van der Waals surface area contributed by atoms with Crippen LogP contribution in [-0.2, 0) is 0 Å². The molecule has 0 spiro atoms. The average molecular weight is 269 g/mol. The van der Waals surface area contributed by atoms with Crippen LogP contribution >= 0.6 is 11.3 Å². The van der Waals surface area contributed by atoms with Crippen LogP contribution in [0.25, 0.3) is 0 Å². The van der Waals surface area contributed by atoms with Gasteiger partial charge in [-0.1, -0.05) is 11.3 Å². The second-order valence-corrected chi connectivity index (χ2v) is 5.55. The molecule has 18 heavy (non-hydrogen) atoms. The maximum atomic E-state index is 11.9. The van der Waals surface area contributed by atoms with Crippen molar-refractivity contribution in [3.63, 3.8) is 0 Å². The molecule has 0 radical (unpaired) electrons. The zero-order valence-electron chi connectivity index (χ0n) is 10.8. The lowest BCUT2D eigenvalue weighted by molar-refractivity contribution is 0.0946. The number of carbonyl (C=O) groups is 1. The molecule has 1 saturated heterocycles. The van der Waals surface area contributed by atoms with Gasteiger partial charge in [-0.15, -0.1) is 10.2 Å². The summed E-state index contributed by atoms with van der Waals surface area (Å²) in [6, 6.07) is 0. The molecule has 7 heteroatoms. The summed E-state index contributed by atoms with van der Waals surface area (Å²) in [5, 5.41) is 14.9. The van der Waals surface area contributed by atoms with Crippen molar-refractivity contribution in [1.29, 1.82) is 0 Å². The molecule has 0 saturated carbocycles. The Balaban J connectivity index is 1.80. The lowest BCUT2D eigenvalue weighted by atomic mass is 10.1. The van der Waals surface area contributed by atoms with Gasteiger partial charge in [-0.3, -0.25) is 4.79 Å². The fourth-order valence-electron chi connectivity index (χ4n) is 2.04. The van der Waals surface area contributed by atoms with E-state index in [0.29, 0.717) is 16.1 Å². The van der Waals surface area contributed by atoms with Crippen molar-refractivity contribution < 1.29 is 4.79 Å². The molecule has 2 heterocycles. The quantitative estimate of drug-likeness (QED) is 0.821. The Morgan fingerprint density at radius 1 is 1.56 bits per heavy atom. The van der Waals surface area contributed by atoms with E-state index in [4.69, 9.17) is 0 Å². The lowest BCUT2D eigenvalue weighted by Crippen LogP contribution is -2.30. The molecule has 1 aromatic heterocycles. The number of carbonyl (C=O) groups excluding carboxylic acids is 1. The van der Waals surface area contributed by atoms with E-state index in [-0.39, 0.29) is 5.91 Å². The highest BCUT2D eigenvalue weighted by molar-refractivity contribution is 7.17. The Kier molecular flexibility index (Phi) is 4.48. The molecule has 0 bridgehead atoms. The van der Waals surface area contributed by atoms with Crippen molar-refractivity contribution in [2.75, 3.05) is 38.5 Å². The van der Waals surface area contributed by atoms with Crippen LogP contribution in [0.2, 0.25) is 0 Å². The van der Waals surface area contributed by atoms with E-state index in [2.05, 4.69) is 32.8 Å². The molecule has 0 aromatic carbocycles. The van der Waals surface area contributed by atoms with Crippen LogP contribution in [0.15, 0.2) is 0 Å². The van der Waals surface area contributed by atoms with E-state index in [1.165, 1.54) is 11.3 Å². The number of rotatable bonds is 5. The zero-order chi connectivity index (χ0) is 13.0. The summed E-state index contributed by atoms with van der Waals surface area (Å²) in [5.41, 5.74) is 0. The molecule has 1 fully saturated rings. The largest absolute Gasteiger partial charge is 0.360 e. The van der Waals surface area contributed by atoms with Gasteiger partial charge in [-0.25, -0.2) is 0 Å². The van der Waals surface area contributed by atoms with Crippen LogP contribution in [0.4, 0.5) is 5.13 Å². The van der Waals surface area contributed by atoms with Crippen LogP contribution in [-0.4, -0.2) is 54.2 Å². The first kappa shape index (κ1) is 13.2. The summed E-state index contributed by atoms with van der Waals surface area (Å²) in [4.78, 5) is 14.1. The van der Waals surface area contributed by atoms with Crippen molar-refractivity contribution >= 4 is 22.4 Å². The van der Waals surface area contributed by atoms with Gasteiger partial charge in [-0.2, -0.15) is 0 Å². The third-order valence-electron chi connectivity index (χ3n) is 2.99. The Labute approximate surface area is 111 Å². The highest BCUT2D eigenvalue weighted by Crippen LogP contribution is 2.16. The molecule has 2 N–H and O–H groups in total. The molecule has 1 aliphatic rings. The first-order chi connectivity index (χ1) is 8.69. The minimum Gasteiger partial charge on any atom is -0.360 e. The summed E-state index contributed by atoms with van der Waals surface area (Å²) in [5.74, 6) is 0.436. The van der Waals surface area contributed by atoms with Crippen molar-refractivity contribution in [1.82, 2.24) is 20.4 Å². The average Bonchev–Trinajstić information content (AvgIpc) is 2.96. The predicted octanol–water partition coefficient (Wildman–Crippen LogP) is 0.651. The Morgan fingerprint density at radius 2 is 2.39 bits per heavy atom. The molecule has 1 atom stereocenters. The fourth-order valence-corrected chi connectivity index (χ4v) is 2.77. The van der Waals surface area contributed by atoms with Gasteiger partial charge in [0.2, 0.25) is 10.1 Å². The topological polar surface area (TPSA) is 70.1 Å². The molecule has 1 unspecified atom stereocenters. The molecule has 1 aromatic rings. The number of anilines is 1. The zero-order valence-corrected chi connectivity index (χ0v) is 11.6. The van der Waals surface area contributed by atoms with Gasteiger partial charge in [-0.05, 0) is 32.9 Å². The number of amides is 1. The third-order valence-corrected chi connectivity index (χ3v) is 3.87. The van der Waals surface area contributed by atoms with Crippen molar-refractivity contribution in [3.05, 3.63) is 5.01 Å². The highest BCUT2D eigenvalue weighted by atomic mass is 32.1. The number of hydrogen-bond donors (Lipinski definition) is 2. The van der Waals surface area contributed by atoms with Gasteiger partial charge < -0.3 is 15.5 Å². The van der Waals surface area contributed by atoms with E-state index in [9.17, 15) is 4.79 Å². The molecule has 1 aliphatic heterocycles. The number of aromatic nitrogens is 2. The minimum absolute atomic E-state index is 0.119. The normalized spacial score (nSPS) is 20.0. The van der Waals surface area contributed by atoms with Crippen LogP contribution in [0.5, 0.6) is 0 Å². The van der Waals surface area contributed by atoms with Gasteiger partial charge in [0.05, 0.1) is 0 Å². The molecule has 6 nitrogen and oxygen atoms in total. The van der Waals surface area contributed by atoms with Gasteiger partial charge >= 0.3 is 0 Å². The monoisotopic (exact) mass is 269 g/mol. The maximum absolute atomic E-state index is 11.9. The predicted molar refractivity (Wildman–Crippen MR) is 72.0 cm³/mol. The van der Waals surface area contributed by atoms with Crippen LogP contribution in [0.1, 0.15) is 23.1 Å². The summed E-state index contributed by atoms with van der Waals surface area (Å²) in [6.07, 6.45) is 1.15. The van der Waals surface area contributed by atoms with Crippen molar-refractivity contribution in [2.24, 2.45) is 5.92 Å². The lowest BCUT2D eigenvalue weighted by Gasteiger charge is -2.10. The second kappa shape index (κ2) is 6.10. The Hall–Kier alpha value is -1.21. The van der Waals surface area contributed by atoms with E-state index >= 15 is 0 Å². The van der Waals surface area contributed by atoms with E-state index in [1.807, 2.05) is 6.92 Å². The minimum atomic E-state index is -0.119. The first-order valence-corrected chi connectivity index (χ1v) is 7.04. The smallest absolute Gasteiger partial charge is 0.282 e. The van der Waals surface area contributed by atoms with Gasteiger partial charge in [0.25, 0.3) is 5.91 Å². The molecule has 0 aliphatic carbocycles. The number of nitrogens with one attached hydrogen (secondary N) is 2. The second-order valence-electron chi connectivity index (χ2n) is 4.57. The third kappa shape index (κ3) is 3.39. The van der Waals surface area contributed by atoms with Crippen molar-refractivity contribution in [3.8, 4) is 0 Å². The van der Waals surface area contributed by atoms with Crippen LogP contribution in [0, 0.1) is 5.92 Å². The van der Waals surface area contributed by atoms with Crippen LogP contribution in [0.3, 0.4) is 0 Å². The SMILES string of the molecule is CCNc1nnc(C(=O)NCC2CCN(C)C2)s1. The number of likely N-dealkylation sites (tertiary alicyclic amines) is 1. The Morgan fingerprint density at radius 3 is 3.06 bits per heavy atom. The standard InChI is InChI=1S/C11H19N5OS/c1-3-12-11-15-14-10(18-11)9(17)13-6-8-4-5-16(2)7-8/h8H,3-7H2,1-2H3,(H,12,15)(H,13,17). The Bertz CT molecular complexity index is 408. The van der Waals surface area contributed by atoms with Crippen molar-refractivity contribution in [2.45, 2.75) is 13.3 Å². The van der Waals surface area contributed by atoms with E-state index in [1.54, 1.807) is 0 Å². The molecular weight excluding hydrogens is 250 g/mol. The summed E-state index contributed by atoms with van der Waals surface area (Å²) in [6.45, 7) is 5.66. The molecular formula is C11H19N5OS. The van der Waals surface area contributed by atoms with Gasteiger partial charge in [0.1, 0.15) is 0 Å². The van der Waals surface area contributed by atoms with Gasteiger partial charge in [0, 0.05) is 19.6 Å². The van der Waals surface area contributed by atoms with Gasteiger partial charge in [0.15, 0.2) is 0 Å². The van der Waals surface area contributed by atoms with Crippen LogP contribution < -0.4 is 10.6 Å². The summed E-state index contributed by atoms with van der Waals surface area (Å²) >= 11 is 1.29. The summed E-state index contributed by atoms with van der Waals surface area (Å²) in [7, 11) is 2.11. The summed E-state index contributed by atoms with van der Waals surface area (Å²) < 4.78 is 0. The number of nitrogens with zero attached hydrogens (tertiary/aromatic N) is 3. The molecule has 1 amide bonds. The van der Waals surface area contributed by atoms with E-state index < -0.39 is 0 Å². The molecule has 2 rings (SSSR count). The van der Waals surface area contributed by atoms with E-state index in [0.717, 1.165) is 32.6 Å². The highest BCUT2D eigenvalue weighted by Gasteiger charge is 2.21. The first-order valence-electron chi connectivity index (χ1n) is 6.23. The fraction of sp³-hybridized carbons (Fsp3) is 0.727. The number of hydrogen-bond acceptors (Lipinski definition) is 6. The molecule has 100 valence electrons.